The Bertz CT molecular complexity index is 863. The van der Waals surface area contributed by atoms with Gasteiger partial charge in [0.15, 0.2) is 0 Å². The number of halogens is 2. The van der Waals surface area contributed by atoms with Crippen LogP contribution in [-0.4, -0.2) is 15.1 Å². The van der Waals surface area contributed by atoms with Crippen molar-refractivity contribution in [3.63, 3.8) is 0 Å². The van der Waals surface area contributed by atoms with Gasteiger partial charge in [0, 0.05) is 23.8 Å². The molecule has 3 rings (SSSR count). The van der Waals surface area contributed by atoms with Crippen molar-refractivity contribution in [1.29, 1.82) is 0 Å². The van der Waals surface area contributed by atoms with Crippen LogP contribution in [-0.2, 0) is 0 Å². The largest absolute Gasteiger partial charge is 0.438 e. The van der Waals surface area contributed by atoms with Crippen molar-refractivity contribution >= 4 is 28.9 Å². The molecule has 116 valence electrons. The van der Waals surface area contributed by atoms with Crippen LogP contribution in [0.3, 0.4) is 0 Å². The van der Waals surface area contributed by atoms with Gasteiger partial charge in [-0.2, -0.15) is 0 Å². The predicted octanol–water partition coefficient (Wildman–Crippen LogP) is 5.08. The number of aromatic amines is 1. The molecule has 0 radical (unpaired) electrons. The maximum absolute atomic E-state index is 10.6. The topological polar surface area (TPSA) is 81.0 Å². The number of ether oxygens (including phenoxy) is 1. The average molecular weight is 350 g/mol. The Balaban J connectivity index is 1.79. The number of hydrogen-bond donors (Lipinski definition) is 1. The molecule has 0 amide bonds. The van der Waals surface area contributed by atoms with Gasteiger partial charge in [-0.3, -0.25) is 15.2 Å². The van der Waals surface area contributed by atoms with Crippen molar-refractivity contribution in [2.45, 2.75) is 0 Å². The highest BCUT2D eigenvalue weighted by atomic mass is 35.5. The zero-order chi connectivity index (χ0) is 16.4. The van der Waals surface area contributed by atoms with E-state index in [-0.39, 0.29) is 5.69 Å². The number of nitro groups is 1. The van der Waals surface area contributed by atoms with E-state index in [0.717, 1.165) is 5.56 Å². The second-order valence-electron chi connectivity index (χ2n) is 4.60. The Morgan fingerprint density at radius 1 is 1.04 bits per heavy atom. The third kappa shape index (κ3) is 3.44. The van der Waals surface area contributed by atoms with Gasteiger partial charge in [0.1, 0.15) is 5.75 Å². The second kappa shape index (κ2) is 6.28. The van der Waals surface area contributed by atoms with E-state index in [2.05, 4.69) is 10.2 Å². The summed E-state index contributed by atoms with van der Waals surface area (Å²) in [4.78, 5) is 10.1. The normalized spacial score (nSPS) is 10.5. The number of rotatable bonds is 4. The summed E-state index contributed by atoms with van der Waals surface area (Å²) in [5.41, 5.74) is 1.52. The van der Waals surface area contributed by atoms with Crippen molar-refractivity contribution in [3.05, 3.63) is 68.7 Å². The lowest BCUT2D eigenvalue weighted by atomic mass is 10.1. The summed E-state index contributed by atoms with van der Waals surface area (Å²) < 4.78 is 5.55. The zero-order valence-corrected chi connectivity index (χ0v) is 13.0. The van der Waals surface area contributed by atoms with Crippen molar-refractivity contribution in [1.82, 2.24) is 10.2 Å². The lowest BCUT2D eigenvalue weighted by Crippen LogP contribution is -1.88. The lowest BCUT2D eigenvalue weighted by molar-refractivity contribution is -0.384. The fourth-order valence-corrected chi connectivity index (χ4v) is 2.22. The first-order valence-electron chi connectivity index (χ1n) is 6.46. The van der Waals surface area contributed by atoms with Gasteiger partial charge in [-0.1, -0.05) is 29.3 Å². The van der Waals surface area contributed by atoms with Gasteiger partial charge < -0.3 is 4.74 Å². The summed E-state index contributed by atoms with van der Waals surface area (Å²) in [7, 11) is 0. The maximum Gasteiger partial charge on any atom is 0.269 e. The van der Waals surface area contributed by atoms with Crippen LogP contribution < -0.4 is 4.74 Å². The van der Waals surface area contributed by atoms with Crippen LogP contribution in [0.4, 0.5) is 5.69 Å². The summed E-state index contributed by atoms with van der Waals surface area (Å²) in [6.45, 7) is 0. The SMILES string of the molecule is O=[N+]([O-])c1ccc(Oc2cc(-c3ccc(Cl)c(Cl)c3)[nH]n2)cc1. The van der Waals surface area contributed by atoms with Crippen LogP contribution in [0, 0.1) is 10.1 Å². The highest BCUT2D eigenvalue weighted by Gasteiger charge is 2.09. The van der Waals surface area contributed by atoms with E-state index in [1.54, 1.807) is 24.3 Å². The van der Waals surface area contributed by atoms with Gasteiger partial charge in [0.2, 0.25) is 5.88 Å². The summed E-state index contributed by atoms with van der Waals surface area (Å²) >= 11 is 11.9. The molecule has 6 nitrogen and oxygen atoms in total. The van der Waals surface area contributed by atoms with Crippen LogP contribution in [0.15, 0.2) is 48.5 Å². The number of nitrogens with one attached hydrogen (secondary N) is 1. The fraction of sp³-hybridized carbons (Fsp3) is 0. The monoisotopic (exact) mass is 349 g/mol. The molecule has 23 heavy (non-hydrogen) atoms. The molecule has 0 aliphatic carbocycles. The van der Waals surface area contributed by atoms with E-state index in [4.69, 9.17) is 27.9 Å². The van der Waals surface area contributed by atoms with E-state index < -0.39 is 4.92 Å². The molecule has 2 aromatic carbocycles. The van der Waals surface area contributed by atoms with Crippen LogP contribution >= 0.6 is 23.2 Å². The molecule has 1 N–H and O–H groups in total. The molecule has 0 saturated heterocycles. The quantitative estimate of drug-likeness (QED) is 0.525. The Morgan fingerprint density at radius 2 is 1.78 bits per heavy atom. The Kier molecular flexibility index (Phi) is 4.18. The molecule has 8 heteroatoms. The molecule has 1 heterocycles. The van der Waals surface area contributed by atoms with E-state index in [0.29, 0.717) is 27.4 Å². The van der Waals surface area contributed by atoms with E-state index in [1.807, 2.05) is 0 Å². The van der Waals surface area contributed by atoms with Crippen LogP contribution in [0.2, 0.25) is 10.0 Å². The molecular weight excluding hydrogens is 341 g/mol. The number of aromatic nitrogens is 2. The number of nitrogens with zero attached hydrogens (tertiary/aromatic N) is 2. The highest BCUT2D eigenvalue weighted by molar-refractivity contribution is 6.42. The molecule has 0 aliphatic heterocycles. The van der Waals surface area contributed by atoms with E-state index in [9.17, 15) is 10.1 Å². The fourth-order valence-electron chi connectivity index (χ4n) is 1.92. The van der Waals surface area contributed by atoms with Crippen LogP contribution in [0.25, 0.3) is 11.3 Å². The molecular formula is C15H9Cl2N3O3. The van der Waals surface area contributed by atoms with E-state index in [1.165, 1.54) is 24.3 Å². The summed E-state index contributed by atoms with van der Waals surface area (Å²) in [6, 6.07) is 12.6. The minimum Gasteiger partial charge on any atom is -0.438 e. The lowest BCUT2D eigenvalue weighted by Gasteiger charge is -2.01. The first-order chi connectivity index (χ1) is 11.0. The minimum absolute atomic E-state index is 0.00382. The first kappa shape index (κ1) is 15.3. The number of nitro benzene ring substituents is 1. The number of H-pyrrole nitrogens is 1. The second-order valence-corrected chi connectivity index (χ2v) is 5.42. The van der Waals surface area contributed by atoms with Crippen LogP contribution in [0.5, 0.6) is 11.6 Å². The molecule has 0 unspecified atom stereocenters. The minimum atomic E-state index is -0.472. The molecule has 0 bridgehead atoms. The average Bonchev–Trinajstić information content (AvgIpc) is 2.99. The highest BCUT2D eigenvalue weighted by Crippen LogP contribution is 2.30. The van der Waals surface area contributed by atoms with Gasteiger partial charge >= 0.3 is 0 Å². The third-order valence-corrected chi connectivity index (χ3v) is 3.79. The molecule has 0 saturated carbocycles. The van der Waals surface area contributed by atoms with Crippen molar-refractivity contribution in [3.8, 4) is 22.9 Å². The molecule has 0 spiro atoms. The van der Waals surface area contributed by atoms with Gasteiger partial charge in [0.25, 0.3) is 5.69 Å². The van der Waals surface area contributed by atoms with Gasteiger partial charge in [0.05, 0.1) is 20.7 Å². The number of benzene rings is 2. The molecule has 0 atom stereocenters. The van der Waals surface area contributed by atoms with E-state index >= 15 is 0 Å². The Labute approximate surface area is 140 Å². The smallest absolute Gasteiger partial charge is 0.269 e. The van der Waals surface area contributed by atoms with Crippen LogP contribution in [0.1, 0.15) is 0 Å². The van der Waals surface area contributed by atoms with Gasteiger partial charge in [-0.25, -0.2) is 0 Å². The first-order valence-corrected chi connectivity index (χ1v) is 7.21. The maximum atomic E-state index is 10.6. The molecule has 0 aliphatic rings. The summed E-state index contributed by atoms with van der Waals surface area (Å²) in [5.74, 6) is 0.780. The predicted molar refractivity (Wildman–Crippen MR) is 87.2 cm³/mol. The van der Waals surface area contributed by atoms with Crippen molar-refractivity contribution < 1.29 is 9.66 Å². The third-order valence-electron chi connectivity index (χ3n) is 3.05. The molecule has 1 aromatic heterocycles. The standard InChI is InChI=1S/C15H9Cl2N3O3/c16-12-6-1-9(7-13(12)17)14-8-15(19-18-14)23-11-4-2-10(3-5-11)20(21)22/h1-8H,(H,18,19). The van der Waals surface area contributed by atoms with Gasteiger partial charge in [-0.05, 0) is 24.3 Å². The Morgan fingerprint density at radius 3 is 2.43 bits per heavy atom. The molecule has 0 fully saturated rings. The summed E-state index contributed by atoms with van der Waals surface area (Å²) in [5, 5.41) is 18.4. The van der Waals surface area contributed by atoms with Crippen molar-refractivity contribution in [2.24, 2.45) is 0 Å². The molecule has 3 aromatic rings. The van der Waals surface area contributed by atoms with Crippen molar-refractivity contribution in [2.75, 3.05) is 0 Å². The number of non-ortho nitro benzene ring substituents is 1. The number of hydrogen-bond acceptors (Lipinski definition) is 4. The Hall–Kier alpha value is -2.57. The van der Waals surface area contributed by atoms with Gasteiger partial charge in [-0.15, -0.1) is 5.10 Å². The zero-order valence-electron chi connectivity index (χ0n) is 11.5. The summed E-state index contributed by atoms with van der Waals surface area (Å²) in [6.07, 6.45) is 0.